The second kappa shape index (κ2) is 4.66. The van der Waals surface area contributed by atoms with E-state index in [1.165, 1.54) is 0 Å². The Morgan fingerprint density at radius 1 is 1.25 bits per heavy atom. The van der Waals surface area contributed by atoms with Gasteiger partial charge in [-0.2, -0.15) is 0 Å². The van der Waals surface area contributed by atoms with E-state index in [9.17, 15) is 0 Å². The van der Waals surface area contributed by atoms with Crippen LogP contribution in [0.15, 0.2) is 42.6 Å². The molecule has 0 aliphatic carbocycles. The van der Waals surface area contributed by atoms with Gasteiger partial charge in [0.2, 0.25) is 0 Å². The fraction of sp³-hybridized carbons (Fsp3) is 0.154. The molecule has 2 aromatic rings. The van der Waals surface area contributed by atoms with Crippen LogP contribution >= 0.6 is 0 Å². The normalized spacial score (nSPS) is 10.1. The van der Waals surface area contributed by atoms with Gasteiger partial charge in [-0.05, 0) is 37.3 Å². The Morgan fingerprint density at radius 3 is 2.75 bits per heavy atom. The van der Waals surface area contributed by atoms with Crippen molar-refractivity contribution in [2.75, 3.05) is 12.3 Å². The summed E-state index contributed by atoms with van der Waals surface area (Å²) in [5, 5.41) is 0. The Bertz CT molecular complexity index is 469. The van der Waals surface area contributed by atoms with E-state index in [0.717, 1.165) is 17.0 Å². The van der Waals surface area contributed by atoms with E-state index in [0.29, 0.717) is 12.3 Å². The van der Waals surface area contributed by atoms with Gasteiger partial charge in [0.15, 0.2) is 0 Å². The number of hydrogen-bond donors (Lipinski definition) is 1. The first-order valence-corrected chi connectivity index (χ1v) is 5.25. The summed E-state index contributed by atoms with van der Waals surface area (Å²) in [5.74, 6) is 0.724. The van der Waals surface area contributed by atoms with E-state index < -0.39 is 0 Å². The number of nitrogens with two attached hydrogens (primary N) is 1. The average molecular weight is 214 g/mol. The minimum atomic E-state index is 0.618. The molecule has 3 heteroatoms. The minimum absolute atomic E-state index is 0.618. The number of aromatic nitrogens is 1. The van der Waals surface area contributed by atoms with E-state index in [1.807, 2.05) is 43.3 Å². The number of hydrogen-bond acceptors (Lipinski definition) is 3. The first-order valence-electron chi connectivity index (χ1n) is 5.25. The highest BCUT2D eigenvalue weighted by Crippen LogP contribution is 2.27. The van der Waals surface area contributed by atoms with E-state index in [-0.39, 0.29) is 0 Å². The molecule has 1 aromatic carbocycles. The molecule has 0 aliphatic rings. The highest BCUT2D eigenvalue weighted by atomic mass is 16.5. The van der Waals surface area contributed by atoms with Crippen LogP contribution in [0.25, 0.3) is 11.3 Å². The molecular weight excluding hydrogens is 200 g/mol. The maximum atomic E-state index is 5.89. The summed E-state index contributed by atoms with van der Waals surface area (Å²) in [6, 6.07) is 11.5. The van der Waals surface area contributed by atoms with Crippen molar-refractivity contribution in [3.63, 3.8) is 0 Å². The zero-order valence-corrected chi connectivity index (χ0v) is 9.18. The van der Waals surface area contributed by atoms with Crippen LogP contribution in [-0.4, -0.2) is 11.6 Å². The van der Waals surface area contributed by atoms with Gasteiger partial charge < -0.3 is 10.5 Å². The Kier molecular flexibility index (Phi) is 3.05. The zero-order valence-electron chi connectivity index (χ0n) is 9.18. The highest BCUT2D eigenvalue weighted by Gasteiger charge is 2.03. The number of nitrogen functional groups attached to an aromatic ring is 1. The monoisotopic (exact) mass is 214 g/mol. The van der Waals surface area contributed by atoms with Crippen molar-refractivity contribution in [3.8, 4) is 17.0 Å². The molecule has 0 spiro atoms. The molecular formula is C13H14N2O. The van der Waals surface area contributed by atoms with Gasteiger partial charge in [0.1, 0.15) is 5.75 Å². The van der Waals surface area contributed by atoms with Crippen molar-refractivity contribution in [2.24, 2.45) is 0 Å². The van der Waals surface area contributed by atoms with Gasteiger partial charge in [-0.3, -0.25) is 4.98 Å². The second-order valence-corrected chi connectivity index (χ2v) is 3.40. The molecule has 0 radical (unpaired) electrons. The van der Waals surface area contributed by atoms with Crippen molar-refractivity contribution in [1.29, 1.82) is 0 Å². The lowest BCUT2D eigenvalue weighted by atomic mass is 10.1. The van der Waals surface area contributed by atoms with Crippen LogP contribution < -0.4 is 10.5 Å². The number of anilines is 1. The number of ether oxygens (including phenoxy) is 1. The largest absolute Gasteiger partial charge is 0.492 e. The fourth-order valence-electron chi connectivity index (χ4n) is 1.53. The highest BCUT2D eigenvalue weighted by molar-refractivity contribution is 5.68. The second-order valence-electron chi connectivity index (χ2n) is 3.40. The topological polar surface area (TPSA) is 48.1 Å². The molecule has 2 N–H and O–H groups in total. The van der Waals surface area contributed by atoms with Crippen LogP contribution in [-0.2, 0) is 0 Å². The van der Waals surface area contributed by atoms with Crippen LogP contribution in [0.3, 0.4) is 0 Å². The minimum Gasteiger partial charge on any atom is -0.492 e. The molecule has 1 heterocycles. The summed E-state index contributed by atoms with van der Waals surface area (Å²) < 4.78 is 5.38. The standard InChI is InChI=1S/C13H14N2O/c1-2-16-13-7-6-10(9-11(13)14)12-5-3-4-8-15-12/h3-9H,2,14H2,1H3. The lowest BCUT2D eigenvalue weighted by molar-refractivity contribution is 0.342. The summed E-state index contributed by atoms with van der Waals surface area (Å²) in [4.78, 5) is 4.27. The van der Waals surface area contributed by atoms with Crippen molar-refractivity contribution in [2.45, 2.75) is 6.92 Å². The van der Waals surface area contributed by atoms with Crippen LogP contribution in [0.2, 0.25) is 0 Å². The van der Waals surface area contributed by atoms with E-state index in [1.54, 1.807) is 6.20 Å². The summed E-state index contributed by atoms with van der Waals surface area (Å²) in [5.41, 5.74) is 8.45. The predicted molar refractivity (Wildman–Crippen MR) is 65.3 cm³/mol. The molecule has 0 bridgehead atoms. The van der Waals surface area contributed by atoms with E-state index in [2.05, 4.69) is 4.98 Å². The van der Waals surface area contributed by atoms with Crippen LogP contribution in [0.1, 0.15) is 6.92 Å². The number of rotatable bonds is 3. The Hall–Kier alpha value is -2.03. The van der Waals surface area contributed by atoms with Gasteiger partial charge in [-0.25, -0.2) is 0 Å². The number of pyridine rings is 1. The summed E-state index contributed by atoms with van der Waals surface area (Å²) in [6.07, 6.45) is 1.77. The molecule has 0 atom stereocenters. The third-order valence-corrected chi connectivity index (χ3v) is 2.27. The van der Waals surface area contributed by atoms with E-state index in [4.69, 9.17) is 10.5 Å². The molecule has 0 unspecified atom stereocenters. The maximum Gasteiger partial charge on any atom is 0.142 e. The molecule has 16 heavy (non-hydrogen) atoms. The van der Waals surface area contributed by atoms with Crippen molar-refractivity contribution in [1.82, 2.24) is 4.98 Å². The van der Waals surface area contributed by atoms with Gasteiger partial charge in [0.05, 0.1) is 18.0 Å². The third kappa shape index (κ3) is 2.14. The number of benzene rings is 1. The van der Waals surface area contributed by atoms with Crippen LogP contribution in [0.5, 0.6) is 5.75 Å². The SMILES string of the molecule is CCOc1ccc(-c2ccccn2)cc1N. The fourth-order valence-corrected chi connectivity index (χ4v) is 1.53. The third-order valence-electron chi connectivity index (χ3n) is 2.27. The lowest BCUT2D eigenvalue weighted by Crippen LogP contribution is -1.97. The van der Waals surface area contributed by atoms with Gasteiger partial charge in [-0.15, -0.1) is 0 Å². The van der Waals surface area contributed by atoms with E-state index >= 15 is 0 Å². The van der Waals surface area contributed by atoms with Crippen LogP contribution in [0, 0.1) is 0 Å². The molecule has 1 aromatic heterocycles. The van der Waals surface area contributed by atoms with Gasteiger partial charge in [0.25, 0.3) is 0 Å². The summed E-state index contributed by atoms with van der Waals surface area (Å²) >= 11 is 0. The zero-order chi connectivity index (χ0) is 11.4. The van der Waals surface area contributed by atoms with Gasteiger partial charge in [0, 0.05) is 11.8 Å². The maximum absolute atomic E-state index is 5.89. The Balaban J connectivity index is 2.35. The smallest absolute Gasteiger partial charge is 0.142 e. The average Bonchev–Trinajstić information content (AvgIpc) is 2.33. The van der Waals surface area contributed by atoms with Crippen molar-refractivity contribution in [3.05, 3.63) is 42.6 Å². The molecule has 0 saturated heterocycles. The molecule has 0 aliphatic heterocycles. The van der Waals surface area contributed by atoms with Gasteiger partial charge >= 0.3 is 0 Å². The van der Waals surface area contributed by atoms with Crippen molar-refractivity contribution < 1.29 is 4.74 Å². The molecule has 0 saturated carbocycles. The first kappa shape index (κ1) is 10.5. The Morgan fingerprint density at radius 2 is 2.12 bits per heavy atom. The molecule has 82 valence electrons. The molecule has 0 amide bonds. The quantitative estimate of drug-likeness (QED) is 0.799. The lowest BCUT2D eigenvalue weighted by Gasteiger charge is -2.08. The Labute approximate surface area is 94.9 Å². The first-order chi connectivity index (χ1) is 7.81. The molecule has 2 rings (SSSR count). The summed E-state index contributed by atoms with van der Waals surface area (Å²) in [6.45, 7) is 2.55. The van der Waals surface area contributed by atoms with Gasteiger partial charge in [-0.1, -0.05) is 6.07 Å². The van der Waals surface area contributed by atoms with Crippen LogP contribution in [0.4, 0.5) is 5.69 Å². The predicted octanol–water partition coefficient (Wildman–Crippen LogP) is 2.73. The molecule has 0 fully saturated rings. The molecule has 3 nitrogen and oxygen atoms in total. The number of nitrogens with zero attached hydrogens (tertiary/aromatic N) is 1. The van der Waals surface area contributed by atoms with Crippen molar-refractivity contribution >= 4 is 5.69 Å². The summed E-state index contributed by atoms with van der Waals surface area (Å²) in [7, 11) is 0.